The van der Waals surface area contributed by atoms with Crippen LogP contribution in [0.5, 0.6) is 11.5 Å². The zero-order valence-electron chi connectivity index (χ0n) is 13.1. The molecule has 0 atom stereocenters. The summed E-state index contributed by atoms with van der Waals surface area (Å²) in [5.41, 5.74) is 2.12. The number of ether oxygens (including phenoxy) is 2. The van der Waals surface area contributed by atoms with E-state index < -0.39 is 0 Å². The number of methoxy groups -OCH3 is 1. The molecule has 0 spiro atoms. The summed E-state index contributed by atoms with van der Waals surface area (Å²) >= 11 is 13.6. The third-order valence-electron chi connectivity index (χ3n) is 3.14. The molecule has 0 bridgehead atoms. The van der Waals surface area contributed by atoms with Crippen molar-refractivity contribution in [2.24, 2.45) is 0 Å². The van der Waals surface area contributed by atoms with Crippen molar-refractivity contribution in [2.75, 3.05) is 19.5 Å². The normalized spacial score (nSPS) is 10.4. The Morgan fingerprint density at radius 2 is 1.91 bits per heavy atom. The Balaban J connectivity index is 1.83. The average molecular weight is 369 g/mol. The third-order valence-corrected chi connectivity index (χ3v) is 5.02. The van der Waals surface area contributed by atoms with Gasteiger partial charge in [0.15, 0.2) is 0 Å². The summed E-state index contributed by atoms with van der Waals surface area (Å²) < 4.78 is 10.9. The number of halogens is 2. The molecule has 0 fully saturated rings. The van der Waals surface area contributed by atoms with Crippen molar-refractivity contribution in [3.8, 4) is 11.5 Å². The van der Waals surface area contributed by atoms with Crippen LogP contribution in [0.15, 0.2) is 53.4 Å². The zero-order chi connectivity index (χ0) is 16.8. The van der Waals surface area contributed by atoms with Gasteiger partial charge in [0.05, 0.1) is 17.2 Å². The van der Waals surface area contributed by atoms with Crippen LogP contribution in [-0.4, -0.2) is 19.5 Å². The van der Waals surface area contributed by atoms with Gasteiger partial charge in [0.1, 0.15) is 18.1 Å². The lowest BCUT2D eigenvalue weighted by Gasteiger charge is -2.10. The Morgan fingerprint density at radius 3 is 2.57 bits per heavy atom. The fourth-order valence-electron chi connectivity index (χ4n) is 1.92. The van der Waals surface area contributed by atoms with E-state index in [9.17, 15) is 0 Å². The van der Waals surface area contributed by atoms with Crippen LogP contribution < -0.4 is 9.47 Å². The van der Waals surface area contributed by atoms with E-state index in [4.69, 9.17) is 32.7 Å². The fourth-order valence-corrected chi connectivity index (χ4v) is 3.09. The SMILES string of the molecule is C=C(COc1ccc(Cl)c(Cl)c1)CSc1ccc(OC)c(C)c1. The zero-order valence-corrected chi connectivity index (χ0v) is 15.4. The van der Waals surface area contributed by atoms with Gasteiger partial charge in [-0.25, -0.2) is 0 Å². The smallest absolute Gasteiger partial charge is 0.121 e. The number of hydrogen-bond acceptors (Lipinski definition) is 3. The lowest BCUT2D eigenvalue weighted by atomic mass is 10.2. The molecule has 2 nitrogen and oxygen atoms in total. The van der Waals surface area contributed by atoms with E-state index in [0.717, 1.165) is 22.6 Å². The molecule has 0 amide bonds. The predicted octanol–water partition coefficient (Wildman–Crippen LogP) is 6.04. The van der Waals surface area contributed by atoms with Crippen molar-refractivity contribution < 1.29 is 9.47 Å². The van der Waals surface area contributed by atoms with Gasteiger partial charge >= 0.3 is 0 Å². The Labute approximate surface area is 151 Å². The average Bonchev–Trinajstić information content (AvgIpc) is 2.54. The standard InChI is InChI=1S/C18H18Cl2O2S/c1-12(10-22-14-4-6-16(19)17(20)9-14)11-23-15-5-7-18(21-3)13(2)8-15/h4-9H,1,10-11H2,2-3H3. The van der Waals surface area contributed by atoms with E-state index in [-0.39, 0.29) is 0 Å². The van der Waals surface area contributed by atoms with Crippen molar-refractivity contribution in [3.63, 3.8) is 0 Å². The molecule has 0 unspecified atom stereocenters. The largest absolute Gasteiger partial charge is 0.496 e. The molecule has 2 aromatic rings. The molecule has 0 radical (unpaired) electrons. The first-order valence-corrected chi connectivity index (χ1v) is 8.75. The highest BCUT2D eigenvalue weighted by atomic mass is 35.5. The van der Waals surface area contributed by atoms with E-state index in [1.54, 1.807) is 37.1 Å². The first kappa shape index (κ1) is 18.1. The topological polar surface area (TPSA) is 18.5 Å². The molecular weight excluding hydrogens is 351 g/mol. The highest BCUT2D eigenvalue weighted by Gasteiger charge is 2.04. The molecule has 2 aromatic carbocycles. The first-order valence-electron chi connectivity index (χ1n) is 7.01. The molecule has 0 saturated carbocycles. The lowest BCUT2D eigenvalue weighted by Crippen LogP contribution is -2.02. The molecule has 0 aliphatic carbocycles. The van der Waals surface area contributed by atoms with Crippen LogP contribution in [0.4, 0.5) is 0 Å². The predicted molar refractivity (Wildman–Crippen MR) is 99.6 cm³/mol. The van der Waals surface area contributed by atoms with Gasteiger partial charge in [-0.05, 0) is 48.4 Å². The molecule has 0 aromatic heterocycles. The summed E-state index contributed by atoms with van der Waals surface area (Å²) in [7, 11) is 1.68. The number of thioether (sulfide) groups is 1. The first-order chi connectivity index (χ1) is 11.0. The van der Waals surface area contributed by atoms with Crippen molar-refractivity contribution in [1.82, 2.24) is 0 Å². The van der Waals surface area contributed by atoms with Crippen LogP contribution in [0.3, 0.4) is 0 Å². The third kappa shape index (κ3) is 5.38. The maximum atomic E-state index is 5.96. The van der Waals surface area contributed by atoms with E-state index in [0.29, 0.717) is 22.4 Å². The minimum Gasteiger partial charge on any atom is -0.496 e. The van der Waals surface area contributed by atoms with Gasteiger partial charge in [0, 0.05) is 16.7 Å². The lowest BCUT2D eigenvalue weighted by molar-refractivity contribution is 0.353. The highest BCUT2D eigenvalue weighted by Crippen LogP contribution is 2.28. The quantitative estimate of drug-likeness (QED) is 0.438. The molecule has 0 saturated heterocycles. The van der Waals surface area contributed by atoms with Crippen molar-refractivity contribution >= 4 is 35.0 Å². The summed E-state index contributed by atoms with van der Waals surface area (Å²) in [6.45, 7) is 6.53. The molecule has 122 valence electrons. The molecule has 0 heterocycles. The molecule has 0 aliphatic rings. The summed E-state index contributed by atoms with van der Waals surface area (Å²) in [6.07, 6.45) is 0. The Kier molecular flexibility index (Phi) is 6.70. The Hall–Kier alpha value is -1.29. The van der Waals surface area contributed by atoms with Gasteiger partial charge in [-0.1, -0.05) is 29.8 Å². The molecular formula is C18H18Cl2O2S. The van der Waals surface area contributed by atoms with Crippen LogP contribution in [0.1, 0.15) is 5.56 Å². The van der Waals surface area contributed by atoms with E-state index in [1.165, 1.54) is 4.90 Å². The maximum absolute atomic E-state index is 5.96. The van der Waals surface area contributed by atoms with Crippen LogP contribution in [0.25, 0.3) is 0 Å². The van der Waals surface area contributed by atoms with E-state index in [2.05, 4.69) is 12.6 Å². The molecule has 23 heavy (non-hydrogen) atoms. The summed E-state index contributed by atoms with van der Waals surface area (Å²) in [5, 5.41) is 1.00. The van der Waals surface area contributed by atoms with E-state index in [1.807, 2.05) is 19.1 Å². The van der Waals surface area contributed by atoms with Crippen molar-refractivity contribution in [2.45, 2.75) is 11.8 Å². The summed E-state index contributed by atoms with van der Waals surface area (Å²) in [5.74, 6) is 2.37. The van der Waals surface area contributed by atoms with Crippen molar-refractivity contribution in [1.29, 1.82) is 0 Å². The minimum atomic E-state index is 0.445. The van der Waals surface area contributed by atoms with Gasteiger partial charge < -0.3 is 9.47 Å². The van der Waals surface area contributed by atoms with Gasteiger partial charge in [-0.2, -0.15) is 0 Å². The monoisotopic (exact) mass is 368 g/mol. The number of aryl methyl sites for hydroxylation is 1. The second-order valence-corrected chi connectivity index (χ2v) is 6.90. The van der Waals surface area contributed by atoms with Crippen LogP contribution in [0.2, 0.25) is 10.0 Å². The molecule has 2 rings (SSSR count). The highest BCUT2D eigenvalue weighted by molar-refractivity contribution is 7.99. The maximum Gasteiger partial charge on any atom is 0.121 e. The number of benzene rings is 2. The summed E-state index contributed by atoms with van der Waals surface area (Å²) in [4.78, 5) is 1.18. The minimum absolute atomic E-state index is 0.445. The van der Waals surface area contributed by atoms with Crippen LogP contribution in [0, 0.1) is 6.92 Å². The van der Waals surface area contributed by atoms with Crippen LogP contribution in [-0.2, 0) is 0 Å². The second kappa shape index (κ2) is 8.53. The second-order valence-electron chi connectivity index (χ2n) is 5.03. The molecule has 5 heteroatoms. The van der Waals surface area contributed by atoms with Gasteiger partial charge in [-0.15, -0.1) is 11.8 Å². The number of hydrogen-bond donors (Lipinski definition) is 0. The Bertz CT molecular complexity index is 701. The summed E-state index contributed by atoms with van der Waals surface area (Å²) in [6, 6.07) is 11.3. The van der Waals surface area contributed by atoms with E-state index >= 15 is 0 Å². The van der Waals surface area contributed by atoms with Gasteiger partial charge in [-0.3, -0.25) is 0 Å². The Morgan fingerprint density at radius 1 is 1.13 bits per heavy atom. The number of rotatable bonds is 7. The fraction of sp³-hybridized carbons (Fsp3) is 0.222. The molecule has 0 N–H and O–H groups in total. The van der Waals surface area contributed by atoms with Crippen LogP contribution >= 0.6 is 35.0 Å². The molecule has 0 aliphatic heterocycles. The van der Waals surface area contributed by atoms with Crippen molar-refractivity contribution in [3.05, 3.63) is 64.2 Å². The van der Waals surface area contributed by atoms with Gasteiger partial charge in [0.2, 0.25) is 0 Å². The van der Waals surface area contributed by atoms with Gasteiger partial charge in [0.25, 0.3) is 0 Å².